The third kappa shape index (κ3) is 2.38. The fourth-order valence-corrected chi connectivity index (χ4v) is 2.92. The molecule has 0 fully saturated rings. The summed E-state index contributed by atoms with van der Waals surface area (Å²) >= 11 is 0. The topological polar surface area (TPSA) is 35.8 Å². The van der Waals surface area contributed by atoms with E-state index in [0.29, 0.717) is 0 Å². The van der Waals surface area contributed by atoms with Gasteiger partial charge in [-0.2, -0.15) is 5.10 Å². The molecule has 3 rings (SSSR count). The highest BCUT2D eigenvalue weighted by molar-refractivity contribution is 6.19. The van der Waals surface area contributed by atoms with Gasteiger partial charge in [0.2, 0.25) is 0 Å². The van der Waals surface area contributed by atoms with Crippen LogP contribution in [0.4, 0.5) is 0 Å². The molecule has 0 amide bonds. The van der Waals surface area contributed by atoms with Crippen molar-refractivity contribution in [2.24, 2.45) is 5.10 Å². The van der Waals surface area contributed by atoms with Crippen molar-refractivity contribution in [3.8, 4) is 0 Å². The summed E-state index contributed by atoms with van der Waals surface area (Å²) in [5, 5.41) is 4.60. The first-order valence-corrected chi connectivity index (χ1v) is 7.56. The minimum absolute atomic E-state index is 0.204. The second-order valence-electron chi connectivity index (χ2n) is 5.64. The first kappa shape index (κ1) is 13.9. The Bertz CT molecular complexity index is 580. The Morgan fingerprint density at radius 1 is 1.24 bits per heavy atom. The highest BCUT2D eigenvalue weighted by atomic mass is 15.6. The second kappa shape index (κ2) is 5.41. The minimum Gasteiger partial charge on any atom is -0.321 e. The van der Waals surface area contributed by atoms with Gasteiger partial charge in [0.25, 0.3) is 0 Å². The van der Waals surface area contributed by atoms with Gasteiger partial charge in [0.15, 0.2) is 5.84 Å². The molecule has 5 heteroatoms. The van der Waals surface area contributed by atoms with Gasteiger partial charge in [-0.1, -0.05) is 13.8 Å². The summed E-state index contributed by atoms with van der Waals surface area (Å²) in [5.74, 6) is 0.975. The molecule has 1 N–H and O–H groups in total. The third-order valence-electron chi connectivity index (χ3n) is 4.19. The van der Waals surface area contributed by atoms with Crippen molar-refractivity contribution in [1.29, 1.82) is 0 Å². The van der Waals surface area contributed by atoms with Crippen LogP contribution in [0.3, 0.4) is 0 Å². The van der Waals surface area contributed by atoms with E-state index in [9.17, 15) is 0 Å². The molecule has 1 atom stereocenters. The Hall–Kier alpha value is -2.01. The zero-order valence-electron chi connectivity index (χ0n) is 13.0. The van der Waals surface area contributed by atoms with Crippen LogP contribution in [0.1, 0.15) is 20.8 Å². The Kier molecular flexibility index (Phi) is 3.59. The summed E-state index contributed by atoms with van der Waals surface area (Å²) < 4.78 is 2.10. The summed E-state index contributed by atoms with van der Waals surface area (Å²) in [7, 11) is 0. The molecule has 2 aliphatic rings. The maximum atomic E-state index is 4.60. The van der Waals surface area contributed by atoms with Crippen molar-refractivity contribution < 1.29 is 0 Å². The first-order valence-electron chi connectivity index (χ1n) is 7.56. The first-order chi connectivity index (χ1) is 10.2. The number of likely N-dealkylation sites (N-methyl/N-ethyl adjacent to an activating group) is 1. The van der Waals surface area contributed by atoms with Gasteiger partial charge < -0.3 is 9.47 Å². The van der Waals surface area contributed by atoms with Gasteiger partial charge in [0.1, 0.15) is 5.66 Å². The van der Waals surface area contributed by atoms with Crippen LogP contribution in [0.2, 0.25) is 0 Å². The number of hydrazone groups is 1. The summed E-state index contributed by atoms with van der Waals surface area (Å²) in [6.07, 6.45) is 10.4. The van der Waals surface area contributed by atoms with Crippen LogP contribution in [-0.4, -0.2) is 45.5 Å². The number of fused-ring (bicyclic) bond motifs is 1. The summed E-state index contributed by atoms with van der Waals surface area (Å²) in [4.78, 5) is 4.65. The van der Waals surface area contributed by atoms with Crippen molar-refractivity contribution in [2.45, 2.75) is 26.4 Å². The number of allylic oxidation sites excluding steroid dienone is 2. The lowest BCUT2D eigenvalue weighted by molar-refractivity contribution is 0.140. The number of nitrogens with zero attached hydrogens (tertiary/aromatic N) is 4. The van der Waals surface area contributed by atoms with Crippen molar-refractivity contribution >= 4 is 11.5 Å². The molecule has 112 valence electrons. The Morgan fingerprint density at radius 2 is 1.95 bits per heavy atom. The monoisotopic (exact) mass is 285 g/mol. The Labute approximate surface area is 126 Å². The molecule has 5 nitrogen and oxygen atoms in total. The molecule has 0 spiro atoms. The van der Waals surface area contributed by atoms with E-state index in [1.807, 2.05) is 24.5 Å². The predicted molar refractivity (Wildman–Crippen MR) is 86.4 cm³/mol. The van der Waals surface area contributed by atoms with Gasteiger partial charge in [-0.05, 0) is 44.3 Å². The van der Waals surface area contributed by atoms with Crippen molar-refractivity contribution in [3.05, 3.63) is 42.9 Å². The van der Waals surface area contributed by atoms with E-state index >= 15 is 0 Å². The molecular weight excluding hydrogens is 262 g/mol. The minimum atomic E-state index is -0.204. The van der Waals surface area contributed by atoms with Gasteiger partial charge in [0.05, 0.1) is 5.70 Å². The van der Waals surface area contributed by atoms with Crippen LogP contribution in [0.15, 0.2) is 48.0 Å². The van der Waals surface area contributed by atoms with Crippen LogP contribution >= 0.6 is 0 Å². The molecule has 3 heterocycles. The fraction of sp³-hybridized carbons (Fsp3) is 0.438. The Morgan fingerprint density at radius 3 is 2.62 bits per heavy atom. The van der Waals surface area contributed by atoms with Crippen LogP contribution in [-0.2, 0) is 0 Å². The van der Waals surface area contributed by atoms with E-state index in [2.05, 4.69) is 64.0 Å². The van der Waals surface area contributed by atoms with Gasteiger partial charge in [-0.25, -0.2) is 0 Å². The highest BCUT2D eigenvalue weighted by Gasteiger charge is 2.41. The van der Waals surface area contributed by atoms with Crippen molar-refractivity contribution in [3.63, 3.8) is 0 Å². The van der Waals surface area contributed by atoms with E-state index in [1.54, 1.807) is 0 Å². The number of hydrogen-bond donors (Lipinski definition) is 1. The number of hydrogen-bond acceptors (Lipinski definition) is 4. The molecule has 0 saturated heterocycles. The van der Waals surface area contributed by atoms with Crippen molar-refractivity contribution in [2.75, 3.05) is 19.6 Å². The molecule has 2 aliphatic heterocycles. The SMILES string of the molecule is CCN(CC)C[C@@]1(C)NN=C2C(n3cccc3)=CC=CN21. The normalized spacial score (nSPS) is 23.9. The molecule has 0 unspecified atom stereocenters. The largest absolute Gasteiger partial charge is 0.321 e. The lowest BCUT2D eigenvalue weighted by atomic mass is 10.1. The predicted octanol–water partition coefficient (Wildman–Crippen LogP) is 2.13. The second-order valence-corrected chi connectivity index (χ2v) is 5.64. The maximum absolute atomic E-state index is 4.60. The van der Waals surface area contributed by atoms with E-state index in [-0.39, 0.29) is 5.66 Å². The molecule has 1 aromatic rings. The van der Waals surface area contributed by atoms with Crippen LogP contribution in [0.5, 0.6) is 0 Å². The van der Waals surface area contributed by atoms with Crippen LogP contribution in [0.25, 0.3) is 5.70 Å². The molecule has 0 aromatic carbocycles. The van der Waals surface area contributed by atoms with Crippen molar-refractivity contribution in [1.82, 2.24) is 19.8 Å². The van der Waals surface area contributed by atoms with Gasteiger partial charge in [-0.3, -0.25) is 10.3 Å². The number of aromatic nitrogens is 1. The number of rotatable bonds is 5. The van der Waals surface area contributed by atoms with E-state index in [4.69, 9.17) is 0 Å². The van der Waals surface area contributed by atoms with E-state index in [0.717, 1.165) is 31.2 Å². The van der Waals surface area contributed by atoms with Gasteiger partial charge in [0, 0.05) is 25.1 Å². The zero-order valence-corrected chi connectivity index (χ0v) is 13.0. The quantitative estimate of drug-likeness (QED) is 0.900. The molecule has 0 saturated carbocycles. The molecule has 0 radical (unpaired) electrons. The molecule has 1 aromatic heterocycles. The average molecular weight is 285 g/mol. The third-order valence-corrected chi connectivity index (χ3v) is 4.19. The van der Waals surface area contributed by atoms with Gasteiger partial charge in [-0.15, -0.1) is 0 Å². The van der Waals surface area contributed by atoms with Crippen LogP contribution in [0, 0.1) is 0 Å². The molecular formula is C16H23N5. The standard InChI is InChI=1S/C16H23N5/c1-4-19(5-2)13-16(3)18-17-15-14(9-8-12-21(15)16)20-10-6-7-11-20/h6-12,18H,4-5,13H2,1-3H3/t16-/m0/s1. The van der Waals surface area contributed by atoms with E-state index < -0.39 is 0 Å². The lowest BCUT2D eigenvalue weighted by Crippen LogP contribution is -2.56. The Balaban J connectivity index is 1.85. The average Bonchev–Trinajstić information content (AvgIpc) is 3.14. The molecule has 21 heavy (non-hydrogen) atoms. The fourth-order valence-electron chi connectivity index (χ4n) is 2.92. The smallest absolute Gasteiger partial charge is 0.178 e. The summed E-state index contributed by atoms with van der Waals surface area (Å²) in [5.41, 5.74) is 4.22. The lowest BCUT2D eigenvalue weighted by Gasteiger charge is -2.39. The zero-order chi connectivity index (χ0) is 14.9. The maximum Gasteiger partial charge on any atom is 0.178 e. The highest BCUT2D eigenvalue weighted by Crippen LogP contribution is 2.28. The number of nitrogens with one attached hydrogen (secondary N) is 1. The number of amidine groups is 1. The van der Waals surface area contributed by atoms with E-state index in [1.165, 1.54) is 0 Å². The van der Waals surface area contributed by atoms with Gasteiger partial charge >= 0.3 is 0 Å². The summed E-state index contributed by atoms with van der Waals surface area (Å²) in [6, 6.07) is 4.06. The van der Waals surface area contributed by atoms with Crippen LogP contribution < -0.4 is 5.43 Å². The summed E-state index contributed by atoms with van der Waals surface area (Å²) in [6.45, 7) is 9.60. The molecule has 0 bridgehead atoms. The molecule has 0 aliphatic carbocycles.